The Morgan fingerprint density at radius 3 is 2.84 bits per heavy atom. The summed E-state index contributed by atoms with van der Waals surface area (Å²) < 4.78 is 11.0. The van der Waals surface area contributed by atoms with Crippen molar-refractivity contribution in [2.24, 2.45) is 0 Å². The molecule has 2 aromatic rings. The van der Waals surface area contributed by atoms with Gasteiger partial charge in [-0.1, -0.05) is 19.3 Å². The molecule has 1 atom stereocenters. The summed E-state index contributed by atoms with van der Waals surface area (Å²) in [5.41, 5.74) is 2.37. The third kappa shape index (κ3) is 4.81. The zero-order chi connectivity index (χ0) is 22.7. The van der Waals surface area contributed by atoms with Crippen molar-refractivity contribution in [3.63, 3.8) is 0 Å². The van der Waals surface area contributed by atoms with Crippen molar-refractivity contribution in [1.29, 1.82) is 0 Å². The molecular weight excluding hydrogens is 426 g/mol. The minimum absolute atomic E-state index is 0.0200. The van der Waals surface area contributed by atoms with Crippen LogP contribution in [0.25, 0.3) is 11.3 Å². The number of ether oxygens (including phenoxy) is 2. The van der Waals surface area contributed by atoms with E-state index in [9.17, 15) is 9.59 Å². The first-order valence-electron chi connectivity index (χ1n) is 11.3. The highest BCUT2D eigenvalue weighted by Gasteiger charge is 2.34. The second kappa shape index (κ2) is 10.0. The average molecular weight is 458 g/mol. The van der Waals surface area contributed by atoms with Gasteiger partial charge >= 0.3 is 0 Å². The number of benzene rings is 1. The van der Waals surface area contributed by atoms with Crippen molar-refractivity contribution in [2.75, 3.05) is 32.2 Å². The van der Waals surface area contributed by atoms with Gasteiger partial charge in [-0.3, -0.25) is 14.5 Å². The van der Waals surface area contributed by atoms with Gasteiger partial charge in [-0.05, 0) is 38.0 Å². The molecule has 1 aromatic heterocycles. The smallest absolute Gasteiger partial charge is 0.268 e. The lowest BCUT2D eigenvalue weighted by Gasteiger charge is -2.36. The molecule has 4 rings (SSSR count). The highest BCUT2D eigenvalue weighted by atomic mass is 32.1. The fourth-order valence-corrected chi connectivity index (χ4v) is 5.18. The maximum Gasteiger partial charge on any atom is 0.268 e. The van der Waals surface area contributed by atoms with Crippen LogP contribution >= 0.6 is 11.3 Å². The van der Waals surface area contributed by atoms with Crippen LogP contribution in [0, 0.1) is 0 Å². The Morgan fingerprint density at radius 2 is 2.09 bits per heavy atom. The number of hydrogen-bond donors (Lipinski definition) is 0. The van der Waals surface area contributed by atoms with E-state index in [4.69, 9.17) is 14.5 Å². The summed E-state index contributed by atoms with van der Waals surface area (Å²) in [6.07, 6.45) is 5.75. The maximum atomic E-state index is 13.1. The lowest BCUT2D eigenvalue weighted by atomic mass is 9.94. The molecule has 0 radical (unpaired) electrons. The van der Waals surface area contributed by atoms with Crippen LogP contribution in [0.1, 0.15) is 44.0 Å². The zero-order valence-electron chi connectivity index (χ0n) is 19.0. The fraction of sp³-hybridized carbons (Fsp3) is 0.542. The molecular formula is C24H31N3O4S. The summed E-state index contributed by atoms with van der Waals surface area (Å²) in [6, 6.07) is 5.98. The molecule has 1 saturated carbocycles. The van der Waals surface area contributed by atoms with Crippen LogP contribution < -0.4 is 9.64 Å². The molecule has 0 N–H and O–H groups in total. The third-order valence-electron chi connectivity index (χ3n) is 6.34. The Kier molecular flexibility index (Phi) is 7.10. The summed E-state index contributed by atoms with van der Waals surface area (Å²) in [7, 11) is 3.54. The fourth-order valence-electron chi connectivity index (χ4n) is 4.40. The zero-order valence-corrected chi connectivity index (χ0v) is 19.8. The van der Waals surface area contributed by atoms with Crippen LogP contribution in [0.5, 0.6) is 5.75 Å². The van der Waals surface area contributed by atoms with E-state index in [1.165, 1.54) is 6.42 Å². The molecule has 7 nitrogen and oxygen atoms in total. The lowest BCUT2D eigenvalue weighted by Crippen LogP contribution is -2.50. The maximum absolute atomic E-state index is 13.1. The van der Waals surface area contributed by atoms with E-state index in [-0.39, 0.29) is 24.4 Å². The Bertz CT molecular complexity index is 970. The van der Waals surface area contributed by atoms with Gasteiger partial charge in [0.1, 0.15) is 12.3 Å². The number of fused-ring (bicyclic) bond motifs is 1. The van der Waals surface area contributed by atoms with Gasteiger partial charge in [0, 0.05) is 37.6 Å². The average Bonchev–Trinajstić information content (AvgIpc) is 3.29. The molecule has 8 heteroatoms. The predicted octanol–water partition coefficient (Wildman–Crippen LogP) is 3.90. The van der Waals surface area contributed by atoms with Crippen molar-refractivity contribution in [1.82, 2.24) is 9.88 Å². The number of likely N-dealkylation sites (N-methyl/N-ethyl adjacent to an activating group) is 1. The summed E-state index contributed by atoms with van der Waals surface area (Å²) in [5.74, 6) is 0.383. The molecule has 172 valence electrons. The molecule has 1 aliphatic carbocycles. The minimum atomic E-state index is -0.624. The molecule has 1 fully saturated rings. The van der Waals surface area contributed by atoms with Gasteiger partial charge in [-0.15, -0.1) is 11.3 Å². The van der Waals surface area contributed by atoms with Crippen molar-refractivity contribution < 1.29 is 19.1 Å². The quantitative estimate of drug-likeness (QED) is 0.631. The lowest BCUT2D eigenvalue weighted by molar-refractivity contribution is -0.134. The summed E-state index contributed by atoms with van der Waals surface area (Å²) in [5, 5.41) is 3.01. The van der Waals surface area contributed by atoms with Gasteiger partial charge in [0.25, 0.3) is 5.91 Å². The molecule has 0 spiro atoms. The van der Waals surface area contributed by atoms with E-state index in [1.54, 1.807) is 30.3 Å². The van der Waals surface area contributed by atoms with Gasteiger partial charge < -0.3 is 14.4 Å². The van der Waals surface area contributed by atoms with Crippen molar-refractivity contribution in [3.05, 3.63) is 28.6 Å². The van der Waals surface area contributed by atoms with E-state index in [0.29, 0.717) is 18.0 Å². The topological polar surface area (TPSA) is 72.0 Å². The first-order valence-corrected chi connectivity index (χ1v) is 12.2. The normalized spacial score (nSPS) is 18.9. The van der Waals surface area contributed by atoms with Crippen LogP contribution in [0.3, 0.4) is 0 Å². The molecule has 0 bridgehead atoms. The van der Waals surface area contributed by atoms with Gasteiger partial charge in [0.15, 0.2) is 6.10 Å². The van der Waals surface area contributed by atoms with Crippen molar-refractivity contribution in [2.45, 2.75) is 57.6 Å². The number of nitrogens with zero attached hydrogens (tertiary/aromatic N) is 3. The largest absolute Gasteiger partial charge is 0.479 e. The van der Waals surface area contributed by atoms with Crippen LogP contribution in [0.4, 0.5) is 5.69 Å². The molecule has 1 unspecified atom stereocenters. The SMILES string of the molecule is COCCc1nc(-c2ccc3c(c2)N(CC(=O)N(C)C2CCCCC2)C(=O)C(C)O3)cs1. The van der Waals surface area contributed by atoms with Gasteiger partial charge in [0.2, 0.25) is 5.91 Å². The van der Waals surface area contributed by atoms with E-state index in [2.05, 4.69) is 0 Å². The number of methoxy groups -OCH3 is 1. The molecule has 2 heterocycles. The first-order chi connectivity index (χ1) is 15.5. The van der Waals surface area contributed by atoms with Crippen LogP contribution in [-0.4, -0.2) is 61.2 Å². The molecule has 32 heavy (non-hydrogen) atoms. The van der Waals surface area contributed by atoms with E-state index < -0.39 is 6.10 Å². The van der Waals surface area contributed by atoms with E-state index >= 15 is 0 Å². The van der Waals surface area contributed by atoms with E-state index in [1.807, 2.05) is 35.5 Å². The predicted molar refractivity (Wildman–Crippen MR) is 125 cm³/mol. The molecule has 1 aromatic carbocycles. The Morgan fingerprint density at radius 1 is 1.31 bits per heavy atom. The first kappa shape index (κ1) is 22.7. The minimum Gasteiger partial charge on any atom is -0.479 e. The number of thiazole rings is 1. The van der Waals surface area contributed by atoms with Crippen LogP contribution in [-0.2, 0) is 20.7 Å². The van der Waals surface area contributed by atoms with Gasteiger partial charge in [-0.25, -0.2) is 4.98 Å². The van der Waals surface area contributed by atoms with Crippen LogP contribution in [0.15, 0.2) is 23.6 Å². The second-order valence-corrected chi connectivity index (χ2v) is 9.48. The third-order valence-corrected chi connectivity index (χ3v) is 7.25. The van der Waals surface area contributed by atoms with E-state index in [0.717, 1.165) is 48.4 Å². The Balaban J connectivity index is 1.57. The standard InChI is InChI=1S/C24H31N3O4S/c1-16-24(29)27(14-23(28)26(2)18-7-5-4-6-8-18)20-13-17(9-10-21(20)31-16)19-15-32-22(25-19)11-12-30-3/h9-10,13,15-16,18H,4-8,11-12,14H2,1-3H3. The van der Waals surface area contributed by atoms with Gasteiger partial charge in [0.05, 0.1) is 23.0 Å². The number of carbonyl (C=O) groups is 2. The number of carbonyl (C=O) groups excluding carboxylic acids is 2. The van der Waals surface area contributed by atoms with Crippen LogP contribution in [0.2, 0.25) is 0 Å². The van der Waals surface area contributed by atoms with Crippen molar-refractivity contribution in [3.8, 4) is 17.0 Å². The number of rotatable bonds is 7. The summed E-state index contributed by atoms with van der Waals surface area (Å²) >= 11 is 1.59. The monoisotopic (exact) mass is 457 g/mol. The van der Waals surface area contributed by atoms with Crippen molar-refractivity contribution >= 4 is 28.8 Å². The highest BCUT2D eigenvalue weighted by Crippen LogP contribution is 2.38. The number of anilines is 1. The number of amides is 2. The molecule has 1 aliphatic heterocycles. The second-order valence-electron chi connectivity index (χ2n) is 8.53. The molecule has 0 saturated heterocycles. The Labute approximate surface area is 193 Å². The molecule has 2 aliphatic rings. The summed E-state index contributed by atoms with van der Waals surface area (Å²) in [6.45, 7) is 2.37. The summed E-state index contributed by atoms with van der Waals surface area (Å²) in [4.78, 5) is 34.2. The van der Waals surface area contributed by atoms with Gasteiger partial charge in [-0.2, -0.15) is 0 Å². The highest BCUT2D eigenvalue weighted by molar-refractivity contribution is 7.09. The Hall–Kier alpha value is -2.45. The number of aromatic nitrogens is 1. The molecule has 2 amide bonds. The number of hydrogen-bond acceptors (Lipinski definition) is 6.